The van der Waals surface area contributed by atoms with Crippen LogP contribution in [0.15, 0.2) is 41.8 Å². The molecule has 2 aliphatic rings. The van der Waals surface area contributed by atoms with E-state index in [1.54, 1.807) is 0 Å². The van der Waals surface area contributed by atoms with Crippen molar-refractivity contribution in [1.29, 1.82) is 0 Å². The van der Waals surface area contributed by atoms with Crippen molar-refractivity contribution >= 4 is 17.2 Å². The minimum atomic E-state index is 0.162. The first-order valence-corrected chi connectivity index (χ1v) is 9.80. The van der Waals surface area contributed by atoms with Crippen molar-refractivity contribution < 1.29 is 4.79 Å². The minimum Gasteiger partial charge on any atom is -0.355 e. The lowest BCUT2D eigenvalue weighted by Crippen LogP contribution is -2.43. The van der Waals surface area contributed by atoms with Crippen LogP contribution in [0.25, 0.3) is 0 Å². The van der Waals surface area contributed by atoms with Crippen LogP contribution >= 0.6 is 11.3 Å². The summed E-state index contributed by atoms with van der Waals surface area (Å²) < 4.78 is 0. The molecule has 1 aromatic carbocycles. The molecule has 1 aliphatic carbocycles. The fourth-order valence-electron chi connectivity index (χ4n) is 3.77. The number of thiophene rings is 1. The largest absolute Gasteiger partial charge is 0.355 e. The Balaban J connectivity index is 1.32. The van der Waals surface area contributed by atoms with Gasteiger partial charge in [-0.2, -0.15) is 0 Å². The second kappa shape index (κ2) is 7.08. The van der Waals surface area contributed by atoms with Crippen molar-refractivity contribution in [3.8, 4) is 0 Å². The molecule has 2 aromatic rings. The molecule has 3 nitrogen and oxygen atoms in total. The molecule has 2 heterocycles. The van der Waals surface area contributed by atoms with Crippen LogP contribution in [-0.4, -0.2) is 30.4 Å². The van der Waals surface area contributed by atoms with Crippen LogP contribution in [0.5, 0.6) is 0 Å². The number of nitrogens with zero attached hydrogens (tertiary/aromatic N) is 1. The molecule has 1 aliphatic heterocycles. The summed E-state index contributed by atoms with van der Waals surface area (Å²) in [4.78, 5) is 16.3. The Hall–Kier alpha value is -1.65. The zero-order valence-electron chi connectivity index (χ0n) is 13.9. The standard InChI is InChI=1S/C20H24N2OS/c23-19(21-11-8-15-4-2-1-3-5-15)14-22-12-9-18-17(10-13-24-18)20(22)16-6-7-16/h1-5,10,13,16,20H,6-9,11-12,14H2,(H,21,23)/t20-/m0/s1. The maximum atomic E-state index is 12.4. The zero-order valence-corrected chi connectivity index (χ0v) is 14.7. The predicted molar refractivity (Wildman–Crippen MR) is 98.2 cm³/mol. The number of amides is 1. The van der Waals surface area contributed by atoms with E-state index in [1.165, 1.54) is 28.8 Å². The maximum Gasteiger partial charge on any atom is 0.234 e. The number of hydrogen-bond donors (Lipinski definition) is 1. The van der Waals surface area contributed by atoms with Gasteiger partial charge >= 0.3 is 0 Å². The molecule has 1 fully saturated rings. The summed E-state index contributed by atoms with van der Waals surface area (Å²) in [5, 5.41) is 5.31. The topological polar surface area (TPSA) is 32.3 Å². The smallest absolute Gasteiger partial charge is 0.234 e. The Morgan fingerprint density at radius 3 is 2.83 bits per heavy atom. The molecule has 0 bridgehead atoms. The van der Waals surface area contributed by atoms with Gasteiger partial charge in [-0.3, -0.25) is 9.69 Å². The fraction of sp³-hybridized carbons (Fsp3) is 0.450. The van der Waals surface area contributed by atoms with E-state index in [9.17, 15) is 4.79 Å². The Morgan fingerprint density at radius 2 is 2.04 bits per heavy atom. The lowest BCUT2D eigenvalue weighted by Gasteiger charge is -2.35. The van der Waals surface area contributed by atoms with Gasteiger partial charge in [0.25, 0.3) is 0 Å². The monoisotopic (exact) mass is 340 g/mol. The first kappa shape index (κ1) is 15.9. The van der Waals surface area contributed by atoms with E-state index >= 15 is 0 Å². The number of carbonyl (C=O) groups is 1. The van der Waals surface area contributed by atoms with E-state index in [-0.39, 0.29) is 5.91 Å². The average molecular weight is 340 g/mol. The molecule has 0 radical (unpaired) electrons. The third-order valence-electron chi connectivity index (χ3n) is 5.11. The molecule has 126 valence electrons. The molecule has 0 spiro atoms. The van der Waals surface area contributed by atoms with E-state index in [2.05, 4.69) is 33.8 Å². The predicted octanol–water partition coefficient (Wildman–Crippen LogP) is 3.42. The van der Waals surface area contributed by atoms with E-state index in [0.29, 0.717) is 19.1 Å². The minimum absolute atomic E-state index is 0.162. The quantitative estimate of drug-likeness (QED) is 0.874. The lowest BCUT2D eigenvalue weighted by molar-refractivity contribution is -0.123. The highest BCUT2D eigenvalue weighted by Gasteiger charge is 2.40. The van der Waals surface area contributed by atoms with Gasteiger partial charge in [-0.15, -0.1) is 11.3 Å². The first-order chi connectivity index (χ1) is 11.8. The van der Waals surface area contributed by atoms with Crippen LogP contribution in [0.4, 0.5) is 0 Å². The maximum absolute atomic E-state index is 12.4. The number of nitrogens with one attached hydrogen (secondary N) is 1. The van der Waals surface area contributed by atoms with Gasteiger partial charge in [-0.1, -0.05) is 30.3 Å². The first-order valence-electron chi connectivity index (χ1n) is 8.92. The summed E-state index contributed by atoms with van der Waals surface area (Å²) in [6.45, 7) is 2.26. The third-order valence-corrected chi connectivity index (χ3v) is 6.11. The molecule has 4 rings (SSSR count). The normalized spacial score (nSPS) is 20.6. The Bertz CT molecular complexity index is 693. The second-order valence-corrected chi connectivity index (χ2v) is 7.89. The van der Waals surface area contributed by atoms with E-state index in [4.69, 9.17) is 0 Å². The number of benzene rings is 1. The molecule has 1 saturated carbocycles. The van der Waals surface area contributed by atoms with Crippen molar-refractivity contribution in [2.24, 2.45) is 5.92 Å². The molecule has 24 heavy (non-hydrogen) atoms. The molecular weight excluding hydrogens is 316 g/mol. The number of rotatable bonds is 6. The fourth-order valence-corrected chi connectivity index (χ4v) is 4.68. The van der Waals surface area contributed by atoms with Crippen molar-refractivity contribution in [1.82, 2.24) is 10.2 Å². The van der Waals surface area contributed by atoms with Crippen molar-refractivity contribution in [3.63, 3.8) is 0 Å². The summed E-state index contributed by atoms with van der Waals surface area (Å²) in [5.74, 6) is 0.922. The molecule has 0 saturated heterocycles. The molecule has 0 unspecified atom stereocenters. The van der Waals surface area contributed by atoms with Gasteiger partial charge < -0.3 is 5.32 Å². The highest BCUT2D eigenvalue weighted by molar-refractivity contribution is 7.10. The molecule has 4 heteroatoms. The number of hydrogen-bond acceptors (Lipinski definition) is 3. The molecule has 1 aromatic heterocycles. The van der Waals surface area contributed by atoms with Crippen LogP contribution in [-0.2, 0) is 17.6 Å². The molecule has 1 N–H and O–H groups in total. The van der Waals surface area contributed by atoms with Crippen LogP contribution < -0.4 is 5.32 Å². The van der Waals surface area contributed by atoms with Gasteiger partial charge in [0, 0.05) is 24.0 Å². The van der Waals surface area contributed by atoms with Gasteiger partial charge in [0.15, 0.2) is 0 Å². The van der Waals surface area contributed by atoms with E-state index in [1.807, 2.05) is 29.5 Å². The van der Waals surface area contributed by atoms with Gasteiger partial charge in [0.1, 0.15) is 0 Å². The van der Waals surface area contributed by atoms with Gasteiger partial charge in [0.2, 0.25) is 5.91 Å². The van der Waals surface area contributed by atoms with Crippen LogP contribution in [0.2, 0.25) is 0 Å². The Kier molecular flexibility index (Phi) is 4.67. The SMILES string of the molecule is O=C(CN1CCc2sccc2[C@@H]1C1CC1)NCCc1ccccc1. The van der Waals surface area contributed by atoms with Crippen molar-refractivity contribution in [3.05, 3.63) is 57.8 Å². The lowest BCUT2D eigenvalue weighted by atomic mass is 9.96. The van der Waals surface area contributed by atoms with Crippen LogP contribution in [0, 0.1) is 5.92 Å². The van der Waals surface area contributed by atoms with Crippen molar-refractivity contribution in [2.45, 2.75) is 31.7 Å². The highest BCUT2D eigenvalue weighted by atomic mass is 32.1. The summed E-state index contributed by atoms with van der Waals surface area (Å²) in [7, 11) is 0. The summed E-state index contributed by atoms with van der Waals surface area (Å²) in [6, 6.07) is 13.1. The van der Waals surface area contributed by atoms with Crippen LogP contribution in [0.1, 0.15) is 34.9 Å². The number of carbonyl (C=O) groups excluding carboxylic acids is 1. The van der Waals surface area contributed by atoms with Crippen molar-refractivity contribution in [2.75, 3.05) is 19.6 Å². The molecule has 1 amide bonds. The number of fused-ring (bicyclic) bond motifs is 1. The summed E-state index contributed by atoms with van der Waals surface area (Å²) >= 11 is 1.88. The second-order valence-electron chi connectivity index (χ2n) is 6.89. The zero-order chi connectivity index (χ0) is 16.4. The Morgan fingerprint density at radius 1 is 1.21 bits per heavy atom. The van der Waals surface area contributed by atoms with E-state index in [0.717, 1.165) is 25.3 Å². The van der Waals surface area contributed by atoms with Gasteiger partial charge in [-0.25, -0.2) is 0 Å². The third kappa shape index (κ3) is 3.55. The molecule has 1 atom stereocenters. The Labute approximate surface area is 147 Å². The average Bonchev–Trinajstić information content (AvgIpc) is 3.32. The van der Waals surface area contributed by atoms with Crippen LogP contribution in [0.3, 0.4) is 0 Å². The summed E-state index contributed by atoms with van der Waals surface area (Å²) in [6.07, 6.45) is 4.61. The highest BCUT2D eigenvalue weighted by Crippen LogP contribution is 2.48. The molecular formula is C20H24N2OS. The van der Waals surface area contributed by atoms with E-state index < -0.39 is 0 Å². The van der Waals surface area contributed by atoms with Gasteiger partial charge in [0.05, 0.1) is 6.54 Å². The summed E-state index contributed by atoms with van der Waals surface area (Å²) in [5.41, 5.74) is 2.76. The van der Waals surface area contributed by atoms with Gasteiger partial charge in [-0.05, 0) is 54.2 Å².